The maximum absolute atomic E-state index is 12.4. The Morgan fingerprint density at radius 2 is 1.45 bits per heavy atom. The average molecular weight is 296 g/mol. The molecule has 0 aliphatic carbocycles. The van der Waals surface area contributed by atoms with Gasteiger partial charge >= 0.3 is 0 Å². The second kappa shape index (κ2) is 6.89. The number of anilines is 1. The topological polar surface area (TPSA) is 49.4 Å². The fraction of sp³-hybridized carbons (Fsp3) is 0.222. The van der Waals surface area contributed by atoms with Gasteiger partial charge in [0.05, 0.1) is 0 Å². The lowest BCUT2D eigenvalue weighted by atomic mass is 10.1. The van der Waals surface area contributed by atoms with E-state index in [1.54, 1.807) is 36.2 Å². The fourth-order valence-corrected chi connectivity index (χ4v) is 2.07. The number of carbonyl (C=O) groups is 2. The fourth-order valence-electron chi connectivity index (χ4n) is 2.07. The number of carbonyl (C=O) groups excluding carboxylic acids is 2. The number of hydrogen-bond donors (Lipinski definition) is 1. The molecule has 0 radical (unpaired) electrons. The molecule has 2 amide bonds. The zero-order valence-electron chi connectivity index (χ0n) is 13.0. The first-order valence-electron chi connectivity index (χ1n) is 7.23. The Kier molecular flexibility index (Phi) is 4.94. The molecule has 2 rings (SSSR count). The molecule has 4 heteroatoms. The molecule has 1 N–H and O–H groups in total. The van der Waals surface area contributed by atoms with Crippen molar-refractivity contribution in [1.29, 1.82) is 0 Å². The van der Waals surface area contributed by atoms with Crippen LogP contribution in [0.15, 0.2) is 54.6 Å². The summed E-state index contributed by atoms with van der Waals surface area (Å²) in [5.41, 5.74) is 1.93. The minimum absolute atomic E-state index is 0.0815. The van der Waals surface area contributed by atoms with Crippen LogP contribution >= 0.6 is 0 Å². The molecule has 4 nitrogen and oxygen atoms in total. The molecular formula is C18H20N2O2. The normalized spacial score (nSPS) is 10.4. The standard InChI is InChI=1S/C18H20N2O2/c1-13(2)19-17(21)14-9-11-15(12-10-14)18(22)20(3)16-7-5-4-6-8-16/h4-13H,1-3H3,(H,19,21). The third-order valence-corrected chi connectivity index (χ3v) is 3.26. The monoisotopic (exact) mass is 296 g/mol. The molecule has 0 saturated heterocycles. The zero-order valence-corrected chi connectivity index (χ0v) is 13.0. The number of benzene rings is 2. The highest BCUT2D eigenvalue weighted by Gasteiger charge is 2.14. The number of rotatable bonds is 4. The first-order chi connectivity index (χ1) is 10.5. The number of hydrogen-bond acceptors (Lipinski definition) is 2. The Hall–Kier alpha value is -2.62. The van der Waals surface area contributed by atoms with Gasteiger partial charge in [-0.25, -0.2) is 0 Å². The van der Waals surface area contributed by atoms with Gasteiger partial charge in [-0.3, -0.25) is 9.59 Å². The molecule has 0 aliphatic heterocycles. The Balaban J connectivity index is 2.13. The van der Waals surface area contributed by atoms with Crippen LogP contribution in [-0.4, -0.2) is 24.9 Å². The summed E-state index contributed by atoms with van der Waals surface area (Å²) >= 11 is 0. The van der Waals surface area contributed by atoms with E-state index in [-0.39, 0.29) is 17.9 Å². The molecule has 0 spiro atoms. The predicted octanol–water partition coefficient (Wildman–Crippen LogP) is 3.10. The van der Waals surface area contributed by atoms with Gasteiger partial charge in [-0.15, -0.1) is 0 Å². The number of para-hydroxylation sites is 1. The van der Waals surface area contributed by atoms with Crippen LogP contribution in [-0.2, 0) is 0 Å². The highest BCUT2D eigenvalue weighted by molar-refractivity contribution is 6.06. The van der Waals surface area contributed by atoms with Gasteiger partial charge in [0.2, 0.25) is 0 Å². The molecule has 0 fully saturated rings. The van der Waals surface area contributed by atoms with Gasteiger partial charge in [-0.05, 0) is 50.2 Å². The van der Waals surface area contributed by atoms with Gasteiger partial charge in [-0.1, -0.05) is 18.2 Å². The van der Waals surface area contributed by atoms with Gasteiger partial charge in [0.25, 0.3) is 11.8 Å². The Morgan fingerprint density at radius 3 is 2.00 bits per heavy atom. The molecule has 0 bridgehead atoms. The third-order valence-electron chi connectivity index (χ3n) is 3.26. The van der Waals surface area contributed by atoms with Gasteiger partial charge < -0.3 is 10.2 Å². The van der Waals surface area contributed by atoms with Crippen LogP contribution < -0.4 is 10.2 Å². The number of nitrogens with one attached hydrogen (secondary N) is 1. The van der Waals surface area contributed by atoms with Crippen LogP contribution in [0.4, 0.5) is 5.69 Å². The molecule has 0 atom stereocenters. The van der Waals surface area contributed by atoms with E-state index in [1.165, 1.54) is 0 Å². The van der Waals surface area contributed by atoms with Crippen LogP contribution in [0, 0.1) is 0 Å². The first kappa shape index (κ1) is 15.8. The Labute approximate surface area is 130 Å². The SMILES string of the molecule is CC(C)NC(=O)c1ccc(C(=O)N(C)c2ccccc2)cc1. The lowest BCUT2D eigenvalue weighted by Crippen LogP contribution is -2.30. The molecule has 114 valence electrons. The predicted molar refractivity (Wildman–Crippen MR) is 88.2 cm³/mol. The smallest absolute Gasteiger partial charge is 0.258 e. The first-order valence-corrected chi connectivity index (χ1v) is 7.23. The second-order valence-electron chi connectivity index (χ2n) is 5.41. The minimum atomic E-state index is -0.134. The Bertz CT molecular complexity index is 649. The molecular weight excluding hydrogens is 276 g/mol. The summed E-state index contributed by atoms with van der Waals surface area (Å²) in [5, 5.41) is 2.82. The minimum Gasteiger partial charge on any atom is -0.350 e. The molecule has 0 heterocycles. The summed E-state index contributed by atoms with van der Waals surface area (Å²) in [6.45, 7) is 3.81. The molecule has 0 saturated carbocycles. The van der Waals surface area contributed by atoms with Crippen molar-refractivity contribution < 1.29 is 9.59 Å². The van der Waals surface area contributed by atoms with Gasteiger partial charge in [0.1, 0.15) is 0 Å². The van der Waals surface area contributed by atoms with Crippen LogP contribution in [0.25, 0.3) is 0 Å². The Morgan fingerprint density at radius 1 is 0.909 bits per heavy atom. The summed E-state index contributed by atoms with van der Waals surface area (Å²) in [4.78, 5) is 25.9. The van der Waals surface area contributed by atoms with Crippen molar-refractivity contribution in [3.05, 3.63) is 65.7 Å². The quantitative estimate of drug-likeness (QED) is 0.942. The summed E-state index contributed by atoms with van der Waals surface area (Å²) in [5.74, 6) is -0.243. The van der Waals surface area contributed by atoms with Crippen molar-refractivity contribution >= 4 is 17.5 Å². The van der Waals surface area contributed by atoms with Crippen molar-refractivity contribution in [2.75, 3.05) is 11.9 Å². The second-order valence-corrected chi connectivity index (χ2v) is 5.41. The maximum atomic E-state index is 12.4. The third kappa shape index (κ3) is 3.73. The van der Waals surface area contributed by atoms with Crippen molar-refractivity contribution in [2.24, 2.45) is 0 Å². The summed E-state index contributed by atoms with van der Waals surface area (Å²) in [7, 11) is 1.73. The molecule has 2 aromatic carbocycles. The van der Waals surface area contributed by atoms with Crippen LogP contribution in [0.2, 0.25) is 0 Å². The molecule has 0 aromatic heterocycles. The van der Waals surface area contributed by atoms with E-state index >= 15 is 0 Å². The lowest BCUT2D eigenvalue weighted by Gasteiger charge is -2.17. The van der Waals surface area contributed by atoms with Crippen molar-refractivity contribution in [3.63, 3.8) is 0 Å². The van der Waals surface area contributed by atoms with E-state index in [1.807, 2.05) is 44.2 Å². The average Bonchev–Trinajstić information content (AvgIpc) is 2.54. The highest BCUT2D eigenvalue weighted by Crippen LogP contribution is 2.15. The molecule has 0 aliphatic rings. The summed E-state index contributed by atoms with van der Waals surface area (Å²) in [6.07, 6.45) is 0. The number of amides is 2. The van der Waals surface area contributed by atoms with E-state index < -0.39 is 0 Å². The van der Waals surface area contributed by atoms with Crippen molar-refractivity contribution in [1.82, 2.24) is 5.32 Å². The van der Waals surface area contributed by atoms with Crippen LogP contribution in [0.1, 0.15) is 34.6 Å². The van der Waals surface area contributed by atoms with Gasteiger partial charge in [0, 0.05) is 29.9 Å². The lowest BCUT2D eigenvalue weighted by molar-refractivity contribution is 0.0940. The van der Waals surface area contributed by atoms with E-state index in [4.69, 9.17) is 0 Å². The highest BCUT2D eigenvalue weighted by atomic mass is 16.2. The number of nitrogens with zero attached hydrogens (tertiary/aromatic N) is 1. The molecule has 2 aromatic rings. The zero-order chi connectivity index (χ0) is 16.1. The maximum Gasteiger partial charge on any atom is 0.258 e. The van der Waals surface area contributed by atoms with E-state index in [0.29, 0.717) is 11.1 Å². The van der Waals surface area contributed by atoms with Crippen LogP contribution in [0.3, 0.4) is 0 Å². The van der Waals surface area contributed by atoms with Gasteiger partial charge in [-0.2, -0.15) is 0 Å². The van der Waals surface area contributed by atoms with Crippen LogP contribution in [0.5, 0.6) is 0 Å². The van der Waals surface area contributed by atoms with E-state index in [9.17, 15) is 9.59 Å². The molecule has 0 unspecified atom stereocenters. The summed E-state index contributed by atoms with van der Waals surface area (Å²) in [6, 6.07) is 16.2. The summed E-state index contributed by atoms with van der Waals surface area (Å²) < 4.78 is 0. The van der Waals surface area contributed by atoms with Crippen molar-refractivity contribution in [3.8, 4) is 0 Å². The molecule has 22 heavy (non-hydrogen) atoms. The largest absolute Gasteiger partial charge is 0.350 e. The van der Waals surface area contributed by atoms with Gasteiger partial charge in [0.15, 0.2) is 0 Å². The van der Waals surface area contributed by atoms with E-state index in [0.717, 1.165) is 5.69 Å². The van der Waals surface area contributed by atoms with E-state index in [2.05, 4.69) is 5.32 Å². The van der Waals surface area contributed by atoms with Crippen molar-refractivity contribution in [2.45, 2.75) is 19.9 Å².